The van der Waals surface area contributed by atoms with Crippen LogP contribution in [0.4, 0.5) is 0 Å². The summed E-state index contributed by atoms with van der Waals surface area (Å²) in [5.41, 5.74) is 3.65. The third kappa shape index (κ3) is 1.94. The number of amides is 1. The van der Waals surface area contributed by atoms with Crippen molar-refractivity contribution in [3.63, 3.8) is 0 Å². The predicted octanol–water partition coefficient (Wildman–Crippen LogP) is 2.65. The zero-order chi connectivity index (χ0) is 11.8. The van der Waals surface area contributed by atoms with Gasteiger partial charge < -0.3 is 5.32 Å². The minimum Gasteiger partial charge on any atom is -0.346 e. The fourth-order valence-corrected chi connectivity index (χ4v) is 2.22. The number of hydrogen-bond acceptors (Lipinski definition) is 1. The average molecular weight is 238 g/mol. The Balaban J connectivity index is 2.30. The van der Waals surface area contributed by atoms with Gasteiger partial charge in [-0.25, -0.2) is 0 Å². The maximum absolute atomic E-state index is 11.4. The maximum atomic E-state index is 11.4. The summed E-state index contributed by atoms with van der Waals surface area (Å²) in [6.45, 7) is 4.20. The molecule has 86 valence electrons. The van der Waals surface area contributed by atoms with Crippen LogP contribution in [0.1, 0.15) is 29.5 Å². The van der Waals surface area contributed by atoms with Gasteiger partial charge in [-0.3, -0.25) is 4.79 Å². The van der Waals surface area contributed by atoms with Crippen LogP contribution in [-0.2, 0) is 10.3 Å². The van der Waals surface area contributed by atoms with Gasteiger partial charge in [0.1, 0.15) is 5.88 Å². The van der Waals surface area contributed by atoms with Crippen molar-refractivity contribution in [2.24, 2.45) is 0 Å². The molecular weight excluding hydrogens is 222 g/mol. The number of carbonyl (C=O) groups excluding carboxylic acids is 1. The lowest BCUT2D eigenvalue weighted by molar-refractivity contribution is -0.119. The second-order valence-electron chi connectivity index (χ2n) is 4.51. The summed E-state index contributed by atoms with van der Waals surface area (Å²) >= 11 is 5.53. The Kier molecular flexibility index (Phi) is 2.94. The molecule has 1 fully saturated rings. The van der Waals surface area contributed by atoms with Crippen LogP contribution in [-0.4, -0.2) is 11.8 Å². The van der Waals surface area contributed by atoms with Crippen LogP contribution in [0.25, 0.3) is 0 Å². The number of rotatable bonds is 3. The van der Waals surface area contributed by atoms with Gasteiger partial charge in [-0.1, -0.05) is 18.2 Å². The molecule has 0 aromatic heterocycles. The Labute approximate surface area is 101 Å². The minimum absolute atomic E-state index is 0.0343. The third-order valence-corrected chi connectivity index (χ3v) is 3.61. The van der Waals surface area contributed by atoms with Crippen molar-refractivity contribution in [2.45, 2.75) is 32.2 Å². The summed E-state index contributed by atoms with van der Waals surface area (Å²) in [4.78, 5) is 11.4. The van der Waals surface area contributed by atoms with E-state index in [1.54, 1.807) is 0 Å². The molecule has 0 spiro atoms. The highest BCUT2D eigenvalue weighted by Crippen LogP contribution is 2.47. The zero-order valence-corrected chi connectivity index (χ0v) is 10.4. The lowest BCUT2D eigenvalue weighted by atomic mass is 9.95. The summed E-state index contributed by atoms with van der Waals surface area (Å²) in [5.74, 6) is -0.0489. The fraction of sp³-hybridized carbons (Fsp3) is 0.462. The highest BCUT2D eigenvalue weighted by atomic mass is 35.5. The number of carbonyl (C=O) groups is 1. The van der Waals surface area contributed by atoms with Crippen molar-refractivity contribution in [2.75, 3.05) is 5.88 Å². The summed E-state index contributed by atoms with van der Waals surface area (Å²) in [7, 11) is 0. The van der Waals surface area contributed by atoms with Gasteiger partial charge in [-0.2, -0.15) is 0 Å². The summed E-state index contributed by atoms with van der Waals surface area (Å²) in [6, 6.07) is 6.24. The molecule has 1 aliphatic rings. The van der Waals surface area contributed by atoms with Crippen LogP contribution in [0.2, 0.25) is 0 Å². The molecule has 0 saturated heterocycles. The van der Waals surface area contributed by atoms with Crippen LogP contribution < -0.4 is 5.32 Å². The molecule has 2 rings (SSSR count). The minimum atomic E-state index is -0.137. The molecule has 0 unspecified atom stereocenters. The molecule has 1 N–H and O–H groups in total. The molecule has 1 saturated carbocycles. The smallest absolute Gasteiger partial charge is 0.235 e. The summed E-state index contributed by atoms with van der Waals surface area (Å²) < 4.78 is 0. The molecular formula is C13H16ClNO. The van der Waals surface area contributed by atoms with Crippen LogP contribution in [0.3, 0.4) is 0 Å². The quantitative estimate of drug-likeness (QED) is 0.805. The standard InChI is InChI=1S/C13H16ClNO/c1-9-4-3-5-11(10(9)2)13(6-7-13)15-12(16)8-14/h3-5H,6-8H2,1-2H3,(H,15,16). The van der Waals surface area contributed by atoms with E-state index < -0.39 is 0 Å². The van der Waals surface area contributed by atoms with Gasteiger partial charge in [0.2, 0.25) is 5.91 Å². The van der Waals surface area contributed by atoms with Gasteiger partial charge in [0.15, 0.2) is 0 Å². The lowest BCUT2D eigenvalue weighted by Crippen LogP contribution is -2.36. The second-order valence-corrected chi connectivity index (χ2v) is 4.78. The van der Waals surface area contributed by atoms with Gasteiger partial charge in [-0.05, 0) is 43.4 Å². The van der Waals surface area contributed by atoms with E-state index in [9.17, 15) is 4.79 Å². The highest BCUT2D eigenvalue weighted by molar-refractivity contribution is 6.27. The Morgan fingerprint density at radius 1 is 1.44 bits per heavy atom. The molecule has 0 atom stereocenters. The lowest BCUT2D eigenvalue weighted by Gasteiger charge is -2.20. The molecule has 0 bridgehead atoms. The third-order valence-electron chi connectivity index (χ3n) is 3.37. The Morgan fingerprint density at radius 2 is 2.12 bits per heavy atom. The topological polar surface area (TPSA) is 29.1 Å². The number of nitrogens with one attached hydrogen (secondary N) is 1. The number of halogens is 1. The van der Waals surface area contributed by atoms with Gasteiger partial charge in [0.05, 0.1) is 5.54 Å². The van der Waals surface area contributed by atoms with Crippen LogP contribution in [0.15, 0.2) is 18.2 Å². The molecule has 2 nitrogen and oxygen atoms in total. The second kappa shape index (κ2) is 4.10. The molecule has 0 heterocycles. The van der Waals surface area contributed by atoms with Crippen LogP contribution in [0, 0.1) is 13.8 Å². The van der Waals surface area contributed by atoms with Crippen molar-refractivity contribution in [1.29, 1.82) is 0 Å². The number of alkyl halides is 1. The van der Waals surface area contributed by atoms with Gasteiger partial charge >= 0.3 is 0 Å². The molecule has 1 amide bonds. The monoisotopic (exact) mass is 237 g/mol. The fourth-order valence-electron chi connectivity index (χ4n) is 2.16. The number of hydrogen-bond donors (Lipinski definition) is 1. The van der Waals surface area contributed by atoms with Crippen LogP contribution >= 0.6 is 11.6 Å². The van der Waals surface area contributed by atoms with Crippen molar-refractivity contribution < 1.29 is 4.79 Å². The van der Waals surface area contributed by atoms with E-state index in [1.807, 2.05) is 6.07 Å². The first kappa shape index (κ1) is 11.5. The Hall–Kier alpha value is -1.02. The van der Waals surface area contributed by atoms with Crippen molar-refractivity contribution in [3.8, 4) is 0 Å². The Bertz CT molecular complexity index is 424. The number of benzene rings is 1. The summed E-state index contributed by atoms with van der Waals surface area (Å²) in [5, 5.41) is 3.03. The summed E-state index contributed by atoms with van der Waals surface area (Å²) in [6.07, 6.45) is 2.03. The Morgan fingerprint density at radius 3 is 2.69 bits per heavy atom. The van der Waals surface area contributed by atoms with Gasteiger partial charge in [0, 0.05) is 0 Å². The van der Waals surface area contributed by atoms with E-state index in [0.717, 1.165) is 12.8 Å². The van der Waals surface area contributed by atoms with E-state index in [-0.39, 0.29) is 17.3 Å². The molecule has 1 aliphatic carbocycles. The van der Waals surface area contributed by atoms with E-state index in [1.165, 1.54) is 16.7 Å². The van der Waals surface area contributed by atoms with Gasteiger partial charge in [-0.15, -0.1) is 11.6 Å². The average Bonchev–Trinajstić information content (AvgIpc) is 3.02. The normalized spacial score (nSPS) is 16.9. The molecule has 16 heavy (non-hydrogen) atoms. The first-order valence-corrected chi connectivity index (χ1v) is 6.06. The number of aryl methyl sites for hydroxylation is 1. The van der Waals surface area contributed by atoms with E-state index in [2.05, 4.69) is 31.3 Å². The predicted molar refractivity (Wildman–Crippen MR) is 65.7 cm³/mol. The molecule has 1 aromatic rings. The van der Waals surface area contributed by atoms with Crippen LogP contribution in [0.5, 0.6) is 0 Å². The molecule has 0 radical (unpaired) electrons. The largest absolute Gasteiger partial charge is 0.346 e. The van der Waals surface area contributed by atoms with Gasteiger partial charge in [0.25, 0.3) is 0 Å². The van der Waals surface area contributed by atoms with E-state index in [0.29, 0.717) is 0 Å². The molecule has 3 heteroatoms. The van der Waals surface area contributed by atoms with E-state index >= 15 is 0 Å². The van der Waals surface area contributed by atoms with Crippen molar-refractivity contribution in [1.82, 2.24) is 5.32 Å². The highest BCUT2D eigenvalue weighted by Gasteiger charge is 2.46. The molecule has 0 aliphatic heterocycles. The maximum Gasteiger partial charge on any atom is 0.235 e. The SMILES string of the molecule is Cc1cccc(C2(NC(=O)CCl)CC2)c1C. The first-order chi connectivity index (χ1) is 7.59. The molecule has 1 aromatic carbocycles. The first-order valence-electron chi connectivity index (χ1n) is 5.53. The zero-order valence-electron chi connectivity index (χ0n) is 9.64. The van der Waals surface area contributed by atoms with E-state index in [4.69, 9.17) is 11.6 Å². The van der Waals surface area contributed by atoms with Crippen molar-refractivity contribution in [3.05, 3.63) is 34.9 Å². The van der Waals surface area contributed by atoms with Crippen molar-refractivity contribution >= 4 is 17.5 Å².